The second kappa shape index (κ2) is 13.9. The number of fused-ring (bicyclic) bond motifs is 4. The first-order valence-electron chi connectivity index (χ1n) is 18.4. The SMILES string of the molecule is O=P(c1ccccc1)(c1ccccc1)c1cccc(-c2nc(-c3ccccc3)nc(-c3cccc(-c4ccc5nc6c(ccc7cccnc76)cc5c4)c3)n2)c1. The zero-order valence-electron chi connectivity index (χ0n) is 30.1. The molecule has 7 heteroatoms. The maximum atomic E-state index is 15.3. The molecule has 0 aliphatic carbocycles. The molecule has 0 aliphatic heterocycles. The molecule has 0 unspecified atom stereocenters. The molecule has 6 nitrogen and oxygen atoms in total. The highest BCUT2D eigenvalue weighted by Gasteiger charge is 2.30. The number of hydrogen-bond donors (Lipinski definition) is 0. The van der Waals surface area contributed by atoms with E-state index in [-0.39, 0.29) is 0 Å². The molecule has 10 aromatic rings. The largest absolute Gasteiger partial charge is 0.309 e. The first kappa shape index (κ1) is 33.4. The maximum Gasteiger partial charge on any atom is 0.171 e. The van der Waals surface area contributed by atoms with Crippen LogP contribution in [0.15, 0.2) is 194 Å². The van der Waals surface area contributed by atoms with Crippen LogP contribution in [-0.4, -0.2) is 24.9 Å². The monoisotopic (exact) mass is 737 g/mol. The van der Waals surface area contributed by atoms with Gasteiger partial charge in [-0.15, -0.1) is 0 Å². The summed E-state index contributed by atoms with van der Waals surface area (Å²) < 4.78 is 15.3. The van der Waals surface area contributed by atoms with Gasteiger partial charge in [0.25, 0.3) is 0 Å². The van der Waals surface area contributed by atoms with Crippen molar-refractivity contribution in [2.24, 2.45) is 0 Å². The van der Waals surface area contributed by atoms with Crippen molar-refractivity contribution >= 4 is 55.8 Å². The Morgan fingerprint density at radius 3 is 1.61 bits per heavy atom. The normalized spacial score (nSPS) is 11.6. The van der Waals surface area contributed by atoms with Crippen LogP contribution in [0.25, 0.3) is 78.0 Å². The van der Waals surface area contributed by atoms with Gasteiger partial charge in [-0.3, -0.25) is 4.98 Å². The van der Waals surface area contributed by atoms with Crippen molar-refractivity contribution in [2.45, 2.75) is 0 Å². The summed E-state index contributed by atoms with van der Waals surface area (Å²) in [7, 11) is -3.23. The van der Waals surface area contributed by atoms with Gasteiger partial charge in [-0.25, -0.2) is 19.9 Å². The number of benzene rings is 7. The van der Waals surface area contributed by atoms with E-state index < -0.39 is 7.14 Å². The Morgan fingerprint density at radius 1 is 0.339 bits per heavy atom. The van der Waals surface area contributed by atoms with Gasteiger partial charge in [0.1, 0.15) is 0 Å². The third kappa shape index (κ3) is 6.03. The zero-order chi connectivity index (χ0) is 37.5. The second-order valence-corrected chi connectivity index (χ2v) is 16.5. The van der Waals surface area contributed by atoms with Gasteiger partial charge < -0.3 is 4.57 Å². The van der Waals surface area contributed by atoms with Crippen LogP contribution in [0, 0.1) is 0 Å². The predicted molar refractivity (Wildman–Crippen MR) is 229 cm³/mol. The fourth-order valence-electron chi connectivity index (χ4n) is 7.37. The Balaban J connectivity index is 1.08. The highest BCUT2D eigenvalue weighted by Crippen LogP contribution is 2.43. The summed E-state index contributed by atoms with van der Waals surface area (Å²) in [6.07, 6.45) is 1.81. The smallest absolute Gasteiger partial charge is 0.171 e. The molecule has 0 fully saturated rings. The lowest BCUT2D eigenvalue weighted by Gasteiger charge is -2.20. The van der Waals surface area contributed by atoms with E-state index in [0.29, 0.717) is 22.8 Å². The van der Waals surface area contributed by atoms with E-state index in [1.807, 2.05) is 140 Å². The first-order chi connectivity index (χ1) is 27.6. The van der Waals surface area contributed by atoms with E-state index in [0.717, 1.165) is 71.1 Å². The third-order valence-corrected chi connectivity index (χ3v) is 13.2. The fourth-order valence-corrected chi connectivity index (χ4v) is 10.1. The Hall–Kier alpha value is -7.14. The van der Waals surface area contributed by atoms with Gasteiger partial charge >= 0.3 is 0 Å². The summed E-state index contributed by atoms with van der Waals surface area (Å²) in [6.45, 7) is 0. The Labute approximate surface area is 323 Å². The average molecular weight is 738 g/mol. The van der Waals surface area contributed by atoms with Gasteiger partial charge in [0.2, 0.25) is 0 Å². The van der Waals surface area contributed by atoms with E-state index in [1.165, 1.54) is 0 Å². The number of rotatable bonds is 7. The number of aromatic nitrogens is 5. The van der Waals surface area contributed by atoms with Crippen LogP contribution < -0.4 is 15.9 Å². The van der Waals surface area contributed by atoms with Crippen LogP contribution in [0.2, 0.25) is 0 Å². The van der Waals surface area contributed by atoms with Gasteiger partial charge in [0, 0.05) is 55.0 Å². The van der Waals surface area contributed by atoms with Gasteiger partial charge in [-0.05, 0) is 47.5 Å². The quantitative estimate of drug-likeness (QED) is 0.0920. The van der Waals surface area contributed by atoms with Gasteiger partial charge in [-0.2, -0.15) is 0 Å². The van der Waals surface area contributed by atoms with Gasteiger partial charge in [0.05, 0.1) is 16.6 Å². The van der Waals surface area contributed by atoms with Crippen LogP contribution in [0.4, 0.5) is 0 Å². The van der Waals surface area contributed by atoms with Gasteiger partial charge in [-0.1, -0.05) is 152 Å². The predicted octanol–water partition coefficient (Wildman–Crippen LogP) is 10.4. The molecule has 3 aromatic heterocycles. The van der Waals surface area contributed by atoms with Crippen LogP contribution in [0.5, 0.6) is 0 Å². The number of pyridine rings is 2. The van der Waals surface area contributed by atoms with Crippen LogP contribution in [0.1, 0.15) is 0 Å². The van der Waals surface area contributed by atoms with Crippen molar-refractivity contribution in [3.05, 3.63) is 194 Å². The molecular weight excluding hydrogens is 706 g/mol. The zero-order valence-corrected chi connectivity index (χ0v) is 31.0. The van der Waals surface area contributed by atoms with E-state index in [4.69, 9.17) is 19.9 Å². The molecular formula is C49H32N5OP. The van der Waals surface area contributed by atoms with Crippen LogP contribution in [0.3, 0.4) is 0 Å². The summed E-state index contributed by atoms with van der Waals surface area (Å²) in [4.78, 5) is 24.8. The standard InChI is InChI=1S/C49H32N5OP/c55-56(41-19-6-2-7-20-41,42-21-8-3-9-22-42)43-23-11-17-39(32-43)49-53-47(34-13-4-1-5-14-34)52-48(54-49)38-16-10-15-35(29-38)36-26-27-44-40(30-36)31-37-25-24-33-18-12-28-50-45(33)46(37)51-44/h1-32H. The lowest BCUT2D eigenvalue weighted by molar-refractivity contribution is 0.592. The highest BCUT2D eigenvalue weighted by atomic mass is 31.2. The fraction of sp³-hybridized carbons (Fsp3) is 0. The maximum absolute atomic E-state index is 15.3. The molecule has 0 atom stereocenters. The average Bonchev–Trinajstić information content (AvgIpc) is 3.28. The van der Waals surface area contributed by atoms with Crippen molar-refractivity contribution in [2.75, 3.05) is 0 Å². The molecule has 0 saturated heterocycles. The molecule has 0 amide bonds. The summed E-state index contributed by atoms with van der Waals surface area (Å²) in [5.41, 5.74) is 7.29. The molecule has 264 valence electrons. The lowest BCUT2D eigenvalue weighted by Crippen LogP contribution is -2.25. The molecule has 0 radical (unpaired) electrons. The van der Waals surface area contributed by atoms with Crippen molar-refractivity contribution in [3.63, 3.8) is 0 Å². The number of hydrogen-bond acceptors (Lipinski definition) is 6. The van der Waals surface area contributed by atoms with E-state index >= 15 is 4.57 Å². The van der Waals surface area contributed by atoms with Crippen LogP contribution in [-0.2, 0) is 4.57 Å². The molecule has 7 aromatic carbocycles. The van der Waals surface area contributed by atoms with E-state index in [9.17, 15) is 0 Å². The molecule has 0 saturated carbocycles. The highest BCUT2D eigenvalue weighted by molar-refractivity contribution is 7.85. The molecule has 0 spiro atoms. The van der Waals surface area contributed by atoms with Crippen LogP contribution >= 0.6 is 7.14 Å². The molecule has 0 bridgehead atoms. The summed E-state index contributed by atoms with van der Waals surface area (Å²) in [5, 5.41) is 5.42. The minimum absolute atomic E-state index is 0.499. The Morgan fingerprint density at radius 2 is 0.893 bits per heavy atom. The molecule has 56 heavy (non-hydrogen) atoms. The molecule has 0 N–H and O–H groups in total. The third-order valence-electron chi connectivity index (χ3n) is 10.2. The molecule has 0 aliphatic rings. The minimum Gasteiger partial charge on any atom is -0.309 e. The lowest BCUT2D eigenvalue weighted by atomic mass is 10.00. The molecule has 10 rings (SSSR count). The van der Waals surface area contributed by atoms with E-state index in [1.54, 1.807) is 0 Å². The summed E-state index contributed by atoms with van der Waals surface area (Å²) in [5.74, 6) is 1.60. The molecule has 3 heterocycles. The van der Waals surface area contributed by atoms with Crippen molar-refractivity contribution in [3.8, 4) is 45.3 Å². The van der Waals surface area contributed by atoms with Crippen molar-refractivity contribution in [1.82, 2.24) is 24.9 Å². The minimum atomic E-state index is -3.23. The van der Waals surface area contributed by atoms with Gasteiger partial charge in [0.15, 0.2) is 24.6 Å². The van der Waals surface area contributed by atoms with E-state index in [2.05, 4.69) is 59.6 Å². The van der Waals surface area contributed by atoms with Crippen molar-refractivity contribution < 1.29 is 4.57 Å². The Kier molecular flexibility index (Phi) is 8.32. The first-order valence-corrected chi connectivity index (χ1v) is 20.1. The second-order valence-electron chi connectivity index (χ2n) is 13.7. The Bertz CT molecular complexity index is 3080. The topological polar surface area (TPSA) is 81.5 Å². The summed E-state index contributed by atoms with van der Waals surface area (Å²) >= 11 is 0. The van der Waals surface area contributed by atoms with Crippen molar-refractivity contribution in [1.29, 1.82) is 0 Å². The summed E-state index contributed by atoms with van der Waals surface area (Å²) in [6, 6.07) is 62.2. The number of nitrogens with zero attached hydrogens (tertiary/aromatic N) is 5.